The molecule has 0 bridgehead atoms. The number of carbonyl (C=O) groups excluding carboxylic acids is 2. The Morgan fingerprint density at radius 2 is 1.08 bits per heavy atom. The molecule has 0 radical (unpaired) electrons. The van der Waals surface area contributed by atoms with Crippen LogP contribution in [0.2, 0.25) is 0 Å². The molecule has 0 saturated heterocycles. The van der Waals surface area contributed by atoms with Gasteiger partial charge in [0.05, 0.1) is 5.56 Å². The second kappa shape index (κ2) is 9.21. The first-order valence-electron chi connectivity index (χ1n) is 6.51. The highest BCUT2D eigenvalue weighted by molar-refractivity contribution is 7.31. The van der Waals surface area contributed by atoms with E-state index in [1.807, 2.05) is 0 Å². The number of rotatable bonds is 0. The Balaban J connectivity index is 0.000000360. The van der Waals surface area contributed by atoms with E-state index in [-0.39, 0.29) is 22.5 Å². The van der Waals surface area contributed by atoms with Gasteiger partial charge in [0.1, 0.15) is 0 Å². The van der Waals surface area contributed by atoms with Gasteiger partial charge in [-0.2, -0.15) is 0 Å². The fourth-order valence-corrected chi connectivity index (χ4v) is 2.16. The molecule has 0 aromatic heterocycles. The summed E-state index contributed by atoms with van der Waals surface area (Å²) in [6.45, 7) is 0. The lowest BCUT2D eigenvalue weighted by atomic mass is 9.83. The molecule has 0 atom stereocenters. The average molecular weight is 402 g/mol. The lowest BCUT2D eigenvalue weighted by Crippen LogP contribution is -2.20. The number of fused-ring (bicyclic) bond motifs is 2. The summed E-state index contributed by atoms with van der Waals surface area (Å²) >= 11 is 0. The maximum atomic E-state index is 12.2. The van der Waals surface area contributed by atoms with Crippen LogP contribution in [0.5, 0.6) is 11.5 Å². The highest BCUT2D eigenvalue weighted by Crippen LogP contribution is 2.37. The van der Waals surface area contributed by atoms with E-state index in [0.29, 0.717) is 5.56 Å². The van der Waals surface area contributed by atoms with Gasteiger partial charge in [-0.05, 0) is 12.1 Å². The molecule has 1 aliphatic rings. The summed E-state index contributed by atoms with van der Waals surface area (Å²) in [7, 11) is -5.74. The van der Waals surface area contributed by atoms with Gasteiger partial charge in [-0.1, -0.05) is 24.3 Å². The van der Waals surface area contributed by atoms with Crippen molar-refractivity contribution in [2.45, 2.75) is 0 Å². The molecule has 2 aromatic rings. The van der Waals surface area contributed by atoms with Crippen molar-refractivity contribution in [2.24, 2.45) is 0 Å². The van der Waals surface area contributed by atoms with E-state index in [9.17, 15) is 19.8 Å². The Labute approximate surface area is 147 Å². The maximum Gasteiger partial charge on any atom is 0.692 e. The van der Waals surface area contributed by atoms with Crippen molar-refractivity contribution in [3.8, 4) is 11.5 Å². The summed E-state index contributed by atoms with van der Waals surface area (Å²) in [6, 6.07) is 8.97. The molecule has 3 rings (SSSR count). The van der Waals surface area contributed by atoms with Gasteiger partial charge in [-0.25, -0.2) is 0 Å². The Morgan fingerprint density at radius 1 is 0.654 bits per heavy atom. The van der Waals surface area contributed by atoms with Gasteiger partial charge < -0.3 is 10.2 Å². The first-order chi connectivity index (χ1) is 12.1. The molecule has 12 heteroatoms. The first kappa shape index (κ1) is 21.5. The molecule has 1 aliphatic carbocycles. The van der Waals surface area contributed by atoms with Crippen LogP contribution in [0.25, 0.3) is 0 Å². The molecule has 0 heterocycles. The topological polar surface area (TPSA) is 190 Å². The number of phenols is 2. The highest BCUT2D eigenvalue weighted by atomic mass is 31.1. The number of ketones is 2. The minimum atomic E-state index is -2.87. The van der Waals surface area contributed by atoms with Crippen LogP contribution in [0.4, 0.5) is 0 Å². The molecule has 136 valence electrons. The molecule has 0 aliphatic heterocycles. The maximum absolute atomic E-state index is 12.2. The minimum Gasteiger partial charge on any atom is -0.504 e. The second-order valence-corrected chi connectivity index (χ2v) is 5.58. The number of benzene rings is 2. The summed E-state index contributed by atoms with van der Waals surface area (Å²) in [5.74, 6) is -1.72. The number of hydrogen-bond donors (Lipinski definition) is 6. The average Bonchev–Trinajstić information content (AvgIpc) is 2.54. The van der Waals surface area contributed by atoms with Gasteiger partial charge in [-0.15, -0.1) is 19.6 Å². The number of hydrogen-bond acceptors (Lipinski definition) is 6. The zero-order valence-electron chi connectivity index (χ0n) is 12.7. The number of aromatic hydroxyl groups is 2. The van der Waals surface area contributed by atoms with Crippen LogP contribution in [-0.2, 0) is 9.13 Å². The predicted octanol–water partition coefficient (Wildman–Crippen LogP) is 1.13. The third-order valence-corrected chi connectivity index (χ3v) is 3.04. The normalized spacial score (nSPS) is 11.1. The largest absolute Gasteiger partial charge is 0.692 e. The Morgan fingerprint density at radius 3 is 1.54 bits per heavy atom. The van der Waals surface area contributed by atoms with E-state index in [0.717, 1.165) is 0 Å². The molecule has 26 heavy (non-hydrogen) atoms. The zero-order chi connectivity index (χ0) is 20.0. The fourth-order valence-electron chi connectivity index (χ4n) is 2.16. The van der Waals surface area contributed by atoms with Crippen molar-refractivity contribution in [3.63, 3.8) is 0 Å². The van der Waals surface area contributed by atoms with Crippen LogP contribution in [0.3, 0.4) is 0 Å². The molecule has 0 saturated carbocycles. The van der Waals surface area contributed by atoms with E-state index in [2.05, 4.69) is 0 Å². The van der Waals surface area contributed by atoms with Gasteiger partial charge in [0.15, 0.2) is 23.1 Å². The molecule has 2 aromatic carbocycles. The Bertz CT molecular complexity index is 873. The minimum absolute atomic E-state index is 0.119. The van der Waals surface area contributed by atoms with E-state index in [1.54, 1.807) is 18.2 Å². The van der Waals surface area contributed by atoms with Gasteiger partial charge in [0, 0.05) is 25.8 Å². The van der Waals surface area contributed by atoms with Crippen molar-refractivity contribution in [1.29, 1.82) is 0 Å². The van der Waals surface area contributed by atoms with E-state index in [4.69, 9.17) is 28.7 Å². The molecular formula is C14H12O10P2+2. The Kier molecular flexibility index (Phi) is 7.60. The van der Waals surface area contributed by atoms with Crippen LogP contribution < -0.4 is 0 Å². The SMILES string of the molecule is O=C1c2ccccc2C(=O)c2c1ccc(O)c2O.O=[P+](O)O.O=[P+](O)O. The van der Waals surface area contributed by atoms with Crippen LogP contribution in [0, 0.1) is 0 Å². The number of carbonyl (C=O) groups is 2. The third-order valence-electron chi connectivity index (χ3n) is 3.04. The highest BCUT2D eigenvalue weighted by Gasteiger charge is 2.32. The van der Waals surface area contributed by atoms with Crippen LogP contribution in [0.1, 0.15) is 31.8 Å². The van der Waals surface area contributed by atoms with Crippen molar-refractivity contribution < 1.29 is 48.5 Å². The zero-order valence-corrected chi connectivity index (χ0v) is 14.5. The smallest absolute Gasteiger partial charge is 0.504 e. The predicted molar refractivity (Wildman–Crippen MR) is 87.2 cm³/mol. The monoisotopic (exact) mass is 402 g/mol. The van der Waals surface area contributed by atoms with Crippen molar-refractivity contribution in [1.82, 2.24) is 0 Å². The molecule has 0 unspecified atom stereocenters. The van der Waals surface area contributed by atoms with Gasteiger partial charge in [0.25, 0.3) is 0 Å². The van der Waals surface area contributed by atoms with E-state index in [1.165, 1.54) is 18.2 Å². The molecule has 6 N–H and O–H groups in total. The van der Waals surface area contributed by atoms with E-state index >= 15 is 0 Å². The summed E-state index contributed by atoms with van der Waals surface area (Å²) in [5.41, 5.74) is 0.559. The molecule has 10 nitrogen and oxygen atoms in total. The standard InChI is InChI=1S/C14H8O4.2HO3P/c15-10-6-5-9-11(14(10)18)13(17)8-4-2-1-3-7(8)12(9)16;2*1-4(2)3/h1-6,15,18H;2*(H-,1,2,3)/p+2. The molecule has 0 amide bonds. The van der Waals surface area contributed by atoms with Crippen molar-refractivity contribution >= 4 is 28.1 Å². The lowest BCUT2D eigenvalue weighted by molar-refractivity contribution is 0.0976. The van der Waals surface area contributed by atoms with Crippen LogP contribution in [0.15, 0.2) is 36.4 Å². The van der Waals surface area contributed by atoms with Gasteiger partial charge in [0.2, 0.25) is 0 Å². The molecule has 0 spiro atoms. The van der Waals surface area contributed by atoms with Gasteiger partial charge in [-0.3, -0.25) is 9.59 Å². The van der Waals surface area contributed by atoms with Crippen LogP contribution >= 0.6 is 16.5 Å². The third kappa shape index (κ3) is 5.21. The second-order valence-electron chi connectivity index (χ2n) is 4.57. The van der Waals surface area contributed by atoms with E-state index < -0.39 is 33.8 Å². The lowest BCUT2D eigenvalue weighted by Gasteiger charge is -2.18. The summed E-state index contributed by atoms with van der Waals surface area (Å²) in [5, 5.41) is 19.1. The summed E-state index contributed by atoms with van der Waals surface area (Å²) < 4.78 is 17.4. The van der Waals surface area contributed by atoms with Crippen LogP contribution in [-0.4, -0.2) is 41.4 Å². The first-order valence-corrected chi connectivity index (χ1v) is 8.84. The quantitative estimate of drug-likeness (QED) is 0.235. The molecular weight excluding hydrogens is 390 g/mol. The summed E-state index contributed by atoms with van der Waals surface area (Å²) in [4.78, 5) is 52.9. The fraction of sp³-hybridized carbons (Fsp3) is 0. The molecule has 0 fully saturated rings. The summed E-state index contributed by atoms with van der Waals surface area (Å²) in [6.07, 6.45) is 0. The van der Waals surface area contributed by atoms with Gasteiger partial charge >= 0.3 is 16.5 Å². The number of phenolic OH excluding ortho intramolecular Hbond substituents is 2. The Hall–Kier alpha value is -2.58. The van der Waals surface area contributed by atoms with Crippen molar-refractivity contribution in [3.05, 3.63) is 58.7 Å². The van der Waals surface area contributed by atoms with Crippen molar-refractivity contribution in [2.75, 3.05) is 0 Å².